The number of Topliss-reactive ketones (excluding diaryl/α,β-unsaturated/α-hetero) is 1. The Morgan fingerprint density at radius 3 is 3.11 bits per heavy atom. The van der Waals surface area contributed by atoms with Crippen LogP contribution in [0.1, 0.15) is 24.2 Å². The molecule has 0 radical (unpaired) electrons. The van der Waals surface area contributed by atoms with Gasteiger partial charge in [0.1, 0.15) is 5.78 Å². The summed E-state index contributed by atoms with van der Waals surface area (Å²) >= 11 is 0. The van der Waals surface area contributed by atoms with Crippen LogP contribution in [0, 0.1) is 5.92 Å². The first-order valence-electron chi connectivity index (χ1n) is 6.75. The molecule has 0 unspecified atom stereocenters. The van der Waals surface area contributed by atoms with Gasteiger partial charge in [-0.2, -0.15) is 5.06 Å². The number of hydroxylamine groups is 2. The van der Waals surface area contributed by atoms with Crippen LogP contribution in [0.3, 0.4) is 0 Å². The molecule has 0 bridgehead atoms. The van der Waals surface area contributed by atoms with E-state index in [2.05, 4.69) is 23.2 Å². The summed E-state index contributed by atoms with van der Waals surface area (Å²) in [6.45, 7) is 3.03. The molecule has 98 valence electrons. The Kier molecular flexibility index (Phi) is 2.31. The molecule has 3 heterocycles. The van der Waals surface area contributed by atoms with E-state index in [1.807, 2.05) is 11.1 Å². The predicted octanol–water partition coefficient (Wildman–Crippen LogP) is 2.22. The standard InChI is InChI=1S/C15H16N2O2/c1-9(18)12-8-19-17-7-6-11-10-4-2-3-5-13(10)16-14(11)15(12)17/h2-5,12,15-16H,6-8H2,1H3/t12-,15+/m0/s1. The molecular formula is C15H16N2O2. The Labute approximate surface area is 111 Å². The number of nitrogens with one attached hydrogen (secondary N) is 1. The molecule has 4 nitrogen and oxygen atoms in total. The highest BCUT2D eigenvalue weighted by Crippen LogP contribution is 2.42. The van der Waals surface area contributed by atoms with Crippen molar-refractivity contribution in [3.63, 3.8) is 0 Å². The fourth-order valence-corrected chi connectivity index (χ4v) is 3.40. The van der Waals surface area contributed by atoms with Gasteiger partial charge in [-0.15, -0.1) is 0 Å². The molecule has 0 amide bonds. The number of fused-ring (bicyclic) bond motifs is 5. The molecule has 1 aromatic carbocycles. The average Bonchev–Trinajstić information content (AvgIpc) is 2.99. The number of nitrogens with zero attached hydrogens (tertiary/aromatic N) is 1. The number of benzene rings is 1. The summed E-state index contributed by atoms with van der Waals surface area (Å²) in [4.78, 5) is 21.0. The number of ketones is 1. The van der Waals surface area contributed by atoms with E-state index in [-0.39, 0.29) is 17.7 Å². The van der Waals surface area contributed by atoms with Crippen molar-refractivity contribution in [1.82, 2.24) is 10.0 Å². The Morgan fingerprint density at radius 2 is 2.26 bits per heavy atom. The third-order valence-electron chi connectivity index (χ3n) is 4.36. The van der Waals surface area contributed by atoms with Crippen molar-refractivity contribution in [3.8, 4) is 0 Å². The van der Waals surface area contributed by atoms with Crippen molar-refractivity contribution >= 4 is 16.7 Å². The lowest BCUT2D eigenvalue weighted by atomic mass is 9.89. The number of rotatable bonds is 1. The van der Waals surface area contributed by atoms with E-state index in [1.54, 1.807) is 6.92 Å². The summed E-state index contributed by atoms with van der Waals surface area (Å²) in [7, 11) is 0. The molecule has 19 heavy (non-hydrogen) atoms. The first kappa shape index (κ1) is 11.2. The van der Waals surface area contributed by atoms with E-state index in [0.29, 0.717) is 6.61 Å². The van der Waals surface area contributed by atoms with Gasteiger partial charge in [-0.05, 0) is 25.0 Å². The van der Waals surface area contributed by atoms with Gasteiger partial charge in [-0.25, -0.2) is 0 Å². The molecule has 0 saturated carbocycles. The van der Waals surface area contributed by atoms with Crippen molar-refractivity contribution in [1.29, 1.82) is 0 Å². The molecule has 0 aliphatic carbocycles. The summed E-state index contributed by atoms with van der Waals surface area (Å²) in [5, 5.41) is 3.26. The minimum atomic E-state index is -0.0490. The van der Waals surface area contributed by atoms with E-state index in [9.17, 15) is 4.79 Å². The second kappa shape index (κ2) is 3.92. The highest BCUT2D eigenvalue weighted by atomic mass is 16.7. The minimum absolute atomic E-state index is 0.0490. The van der Waals surface area contributed by atoms with Crippen molar-refractivity contribution in [2.45, 2.75) is 19.4 Å². The van der Waals surface area contributed by atoms with Crippen LogP contribution in [0.15, 0.2) is 24.3 Å². The van der Waals surface area contributed by atoms with Gasteiger partial charge in [0.25, 0.3) is 0 Å². The highest BCUT2D eigenvalue weighted by Gasteiger charge is 2.43. The Morgan fingerprint density at radius 1 is 1.42 bits per heavy atom. The maximum absolute atomic E-state index is 11.8. The molecule has 1 saturated heterocycles. The van der Waals surface area contributed by atoms with Crippen molar-refractivity contribution in [2.24, 2.45) is 5.92 Å². The van der Waals surface area contributed by atoms with Gasteiger partial charge in [-0.3, -0.25) is 9.63 Å². The quantitative estimate of drug-likeness (QED) is 0.851. The van der Waals surface area contributed by atoms with Crippen LogP contribution in [0.4, 0.5) is 0 Å². The first-order chi connectivity index (χ1) is 9.25. The van der Waals surface area contributed by atoms with Crippen LogP contribution in [-0.4, -0.2) is 29.0 Å². The van der Waals surface area contributed by atoms with Crippen LogP contribution in [-0.2, 0) is 16.1 Å². The zero-order valence-electron chi connectivity index (χ0n) is 10.8. The van der Waals surface area contributed by atoms with E-state index >= 15 is 0 Å². The van der Waals surface area contributed by atoms with Gasteiger partial charge in [0.2, 0.25) is 0 Å². The number of aromatic amines is 1. The number of carbonyl (C=O) groups excluding carboxylic acids is 1. The zero-order chi connectivity index (χ0) is 13.0. The van der Waals surface area contributed by atoms with Crippen LogP contribution >= 0.6 is 0 Å². The summed E-state index contributed by atoms with van der Waals surface area (Å²) in [5.41, 5.74) is 3.68. The maximum Gasteiger partial charge on any atom is 0.137 e. The Hall–Kier alpha value is -1.65. The van der Waals surface area contributed by atoms with E-state index < -0.39 is 0 Å². The lowest BCUT2D eigenvalue weighted by molar-refractivity contribution is -0.136. The predicted molar refractivity (Wildman–Crippen MR) is 71.6 cm³/mol. The van der Waals surface area contributed by atoms with Gasteiger partial charge in [-0.1, -0.05) is 18.2 Å². The molecule has 2 atom stereocenters. The lowest BCUT2D eigenvalue weighted by Gasteiger charge is -2.29. The third kappa shape index (κ3) is 1.50. The second-order valence-electron chi connectivity index (χ2n) is 5.41. The smallest absolute Gasteiger partial charge is 0.137 e. The monoisotopic (exact) mass is 256 g/mol. The van der Waals surface area contributed by atoms with Crippen molar-refractivity contribution < 1.29 is 9.63 Å². The lowest BCUT2D eigenvalue weighted by Crippen LogP contribution is -2.33. The number of para-hydroxylation sites is 1. The summed E-state index contributed by atoms with van der Waals surface area (Å²) in [5.74, 6) is 0.158. The normalized spacial score (nSPS) is 26.4. The number of carbonyl (C=O) groups is 1. The molecule has 1 fully saturated rings. The summed E-state index contributed by atoms with van der Waals surface area (Å²) in [6.07, 6.45) is 0.973. The number of aromatic nitrogens is 1. The molecule has 2 aromatic rings. The third-order valence-corrected chi connectivity index (χ3v) is 4.36. The van der Waals surface area contributed by atoms with Crippen LogP contribution in [0.25, 0.3) is 10.9 Å². The van der Waals surface area contributed by atoms with E-state index in [1.165, 1.54) is 16.6 Å². The fraction of sp³-hybridized carbons (Fsp3) is 0.400. The topological polar surface area (TPSA) is 45.3 Å². The molecular weight excluding hydrogens is 240 g/mol. The second-order valence-corrected chi connectivity index (χ2v) is 5.41. The number of H-pyrrole nitrogens is 1. The average molecular weight is 256 g/mol. The largest absolute Gasteiger partial charge is 0.357 e. The Bertz CT molecular complexity index is 661. The van der Waals surface area contributed by atoms with Crippen molar-refractivity contribution in [3.05, 3.63) is 35.5 Å². The SMILES string of the molecule is CC(=O)[C@@H]1CON2CCc3c([nH]c4ccccc34)[C@@H]12. The van der Waals surface area contributed by atoms with Gasteiger partial charge < -0.3 is 4.98 Å². The van der Waals surface area contributed by atoms with Crippen LogP contribution in [0.2, 0.25) is 0 Å². The van der Waals surface area contributed by atoms with Gasteiger partial charge in [0.05, 0.1) is 18.6 Å². The summed E-state index contributed by atoms with van der Waals surface area (Å²) < 4.78 is 0. The number of hydrogen-bond donors (Lipinski definition) is 1. The maximum atomic E-state index is 11.8. The van der Waals surface area contributed by atoms with Crippen LogP contribution < -0.4 is 0 Å². The van der Waals surface area contributed by atoms with E-state index in [4.69, 9.17) is 4.84 Å². The molecule has 2 aliphatic rings. The van der Waals surface area contributed by atoms with Crippen LogP contribution in [0.5, 0.6) is 0 Å². The summed E-state index contributed by atoms with van der Waals surface area (Å²) in [6, 6.07) is 8.41. The van der Waals surface area contributed by atoms with Gasteiger partial charge >= 0.3 is 0 Å². The molecule has 4 rings (SSSR count). The fourth-order valence-electron chi connectivity index (χ4n) is 3.40. The zero-order valence-corrected chi connectivity index (χ0v) is 10.8. The molecule has 4 heteroatoms. The first-order valence-corrected chi connectivity index (χ1v) is 6.75. The molecule has 0 spiro atoms. The van der Waals surface area contributed by atoms with E-state index in [0.717, 1.165) is 18.5 Å². The van der Waals surface area contributed by atoms with Gasteiger partial charge in [0.15, 0.2) is 0 Å². The molecule has 1 aromatic heterocycles. The number of hydrogen-bond acceptors (Lipinski definition) is 3. The van der Waals surface area contributed by atoms with Crippen molar-refractivity contribution in [2.75, 3.05) is 13.2 Å². The van der Waals surface area contributed by atoms with Gasteiger partial charge in [0, 0.05) is 23.1 Å². The minimum Gasteiger partial charge on any atom is -0.357 e. The molecule has 2 aliphatic heterocycles. The molecule has 1 N–H and O–H groups in total. The Balaban J connectivity index is 1.90. The highest BCUT2D eigenvalue weighted by molar-refractivity contribution is 5.86.